The van der Waals surface area contributed by atoms with Crippen molar-refractivity contribution in [2.24, 2.45) is 5.90 Å². The van der Waals surface area contributed by atoms with Gasteiger partial charge >= 0.3 is 5.97 Å². The third kappa shape index (κ3) is 5.53. The summed E-state index contributed by atoms with van der Waals surface area (Å²) in [6.07, 6.45) is -0.840. The number of benzene rings is 1. The standard InChI is InChI=1S/C11H15NO4.ClH/c1-2-14-11(13)10(8-15-12)16-9-6-4-3-5-7-9;/h3-7,10H,2,8,12H2,1H3;1H. The number of rotatable bonds is 6. The van der Waals surface area contributed by atoms with Crippen LogP contribution in [0.2, 0.25) is 0 Å². The first-order chi connectivity index (χ1) is 7.77. The SMILES string of the molecule is CCOC(=O)C(CON)Oc1ccccc1.Cl. The van der Waals surface area contributed by atoms with Gasteiger partial charge in [-0.15, -0.1) is 12.4 Å². The minimum Gasteiger partial charge on any atom is -0.476 e. The van der Waals surface area contributed by atoms with E-state index in [9.17, 15) is 4.79 Å². The molecular formula is C11H16ClNO4. The summed E-state index contributed by atoms with van der Waals surface area (Å²) < 4.78 is 10.2. The largest absolute Gasteiger partial charge is 0.476 e. The Balaban J connectivity index is 0.00000256. The fraction of sp³-hybridized carbons (Fsp3) is 0.364. The maximum Gasteiger partial charge on any atom is 0.349 e. The highest BCUT2D eigenvalue weighted by atomic mass is 35.5. The van der Waals surface area contributed by atoms with E-state index >= 15 is 0 Å². The maximum atomic E-state index is 11.5. The molecule has 1 aromatic rings. The van der Waals surface area contributed by atoms with Crippen LogP contribution in [0.3, 0.4) is 0 Å². The molecule has 0 aliphatic carbocycles. The van der Waals surface area contributed by atoms with Crippen LogP contribution in [0.1, 0.15) is 6.92 Å². The van der Waals surface area contributed by atoms with Gasteiger partial charge in [0.25, 0.3) is 0 Å². The van der Waals surface area contributed by atoms with Gasteiger partial charge in [0.1, 0.15) is 12.4 Å². The number of nitrogens with two attached hydrogens (primary N) is 1. The molecule has 0 fully saturated rings. The van der Waals surface area contributed by atoms with Crippen LogP contribution in [-0.4, -0.2) is 25.3 Å². The highest BCUT2D eigenvalue weighted by Crippen LogP contribution is 2.11. The smallest absolute Gasteiger partial charge is 0.349 e. The molecular weight excluding hydrogens is 246 g/mol. The van der Waals surface area contributed by atoms with E-state index in [4.69, 9.17) is 15.4 Å². The third-order valence-corrected chi connectivity index (χ3v) is 1.82. The van der Waals surface area contributed by atoms with Gasteiger partial charge in [-0.3, -0.25) is 0 Å². The first-order valence-corrected chi connectivity index (χ1v) is 4.98. The molecule has 1 atom stereocenters. The molecule has 1 unspecified atom stereocenters. The maximum absolute atomic E-state index is 11.5. The van der Waals surface area contributed by atoms with E-state index in [1.165, 1.54) is 0 Å². The van der Waals surface area contributed by atoms with Gasteiger partial charge in [-0.05, 0) is 19.1 Å². The van der Waals surface area contributed by atoms with Crippen LogP contribution in [-0.2, 0) is 14.4 Å². The van der Waals surface area contributed by atoms with Crippen molar-refractivity contribution in [2.75, 3.05) is 13.2 Å². The normalized spacial score (nSPS) is 11.2. The highest BCUT2D eigenvalue weighted by molar-refractivity contribution is 5.85. The molecule has 5 nitrogen and oxygen atoms in total. The molecule has 96 valence electrons. The number of carbonyl (C=O) groups excluding carboxylic acids is 1. The zero-order valence-electron chi connectivity index (χ0n) is 9.50. The summed E-state index contributed by atoms with van der Waals surface area (Å²) in [4.78, 5) is 15.9. The summed E-state index contributed by atoms with van der Waals surface area (Å²) in [6, 6.07) is 8.94. The van der Waals surface area contributed by atoms with Crippen molar-refractivity contribution in [3.8, 4) is 5.75 Å². The molecule has 0 heterocycles. The number of ether oxygens (including phenoxy) is 2. The number of esters is 1. The summed E-state index contributed by atoms with van der Waals surface area (Å²) in [5.74, 6) is 5.01. The molecule has 0 aliphatic rings. The van der Waals surface area contributed by atoms with Crippen molar-refractivity contribution in [2.45, 2.75) is 13.0 Å². The number of hydrogen-bond donors (Lipinski definition) is 1. The van der Waals surface area contributed by atoms with Gasteiger partial charge in [-0.25, -0.2) is 10.7 Å². The van der Waals surface area contributed by atoms with Crippen molar-refractivity contribution in [1.29, 1.82) is 0 Å². The molecule has 1 rings (SSSR count). The molecule has 2 N–H and O–H groups in total. The lowest BCUT2D eigenvalue weighted by Gasteiger charge is -2.16. The zero-order chi connectivity index (χ0) is 11.8. The fourth-order valence-corrected chi connectivity index (χ4v) is 1.14. The third-order valence-electron chi connectivity index (χ3n) is 1.82. The van der Waals surface area contributed by atoms with Gasteiger partial charge in [-0.1, -0.05) is 18.2 Å². The molecule has 0 bridgehead atoms. The monoisotopic (exact) mass is 261 g/mol. The van der Waals surface area contributed by atoms with E-state index in [1.807, 2.05) is 6.07 Å². The lowest BCUT2D eigenvalue weighted by molar-refractivity contribution is -0.154. The van der Waals surface area contributed by atoms with Gasteiger partial charge in [-0.2, -0.15) is 0 Å². The van der Waals surface area contributed by atoms with Crippen LogP contribution in [0, 0.1) is 0 Å². The second kappa shape index (κ2) is 8.81. The van der Waals surface area contributed by atoms with E-state index in [2.05, 4.69) is 4.84 Å². The summed E-state index contributed by atoms with van der Waals surface area (Å²) >= 11 is 0. The molecule has 0 spiro atoms. The van der Waals surface area contributed by atoms with Crippen LogP contribution in [0.25, 0.3) is 0 Å². The quantitative estimate of drug-likeness (QED) is 0.618. The predicted octanol–water partition coefficient (Wildman–Crippen LogP) is 1.31. The van der Waals surface area contributed by atoms with Crippen molar-refractivity contribution in [3.05, 3.63) is 30.3 Å². The lowest BCUT2D eigenvalue weighted by Crippen LogP contribution is -2.35. The van der Waals surface area contributed by atoms with E-state index in [0.29, 0.717) is 5.75 Å². The van der Waals surface area contributed by atoms with Crippen LogP contribution in [0.15, 0.2) is 30.3 Å². The average Bonchev–Trinajstić information content (AvgIpc) is 2.30. The van der Waals surface area contributed by atoms with Crippen LogP contribution < -0.4 is 10.6 Å². The Kier molecular flexibility index (Phi) is 8.13. The molecule has 17 heavy (non-hydrogen) atoms. The Hall–Kier alpha value is -1.30. The minimum absolute atomic E-state index is 0. The molecule has 0 amide bonds. The number of hydrogen-bond acceptors (Lipinski definition) is 5. The number of carbonyl (C=O) groups is 1. The van der Waals surface area contributed by atoms with Crippen molar-refractivity contribution in [1.82, 2.24) is 0 Å². The predicted molar refractivity (Wildman–Crippen MR) is 64.9 cm³/mol. The topological polar surface area (TPSA) is 70.8 Å². The number of halogens is 1. The number of para-hydroxylation sites is 1. The molecule has 0 radical (unpaired) electrons. The first kappa shape index (κ1) is 15.7. The second-order valence-corrected chi connectivity index (χ2v) is 3.00. The van der Waals surface area contributed by atoms with Crippen LogP contribution in [0.5, 0.6) is 5.75 Å². The van der Waals surface area contributed by atoms with E-state index in [0.717, 1.165) is 0 Å². The highest BCUT2D eigenvalue weighted by Gasteiger charge is 2.21. The van der Waals surface area contributed by atoms with E-state index < -0.39 is 12.1 Å². The second-order valence-electron chi connectivity index (χ2n) is 3.00. The average molecular weight is 262 g/mol. The van der Waals surface area contributed by atoms with E-state index in [-0.39, 0.29) is 25.6 Å². The van der Waals surface area contributed by atoms with Crippen molar-refractivity contribution < 1.29 is 19.1 Å². The van der Waals surface area contributed by atoms with Gasteiger partial charge in [0.05, 0.1) is 6.61 Å². The molecule has 6 heteroatoms. The van der Waals surface area contributed by atoms with Gasteiger partial charge in [0, 0.05) is 0 Å². The van der Waals surface area contributed by atoms with Crippen molar-refractivity contribution in [3.63, 3.8) is 0 Å². The summed E-state index contributed by atoms with van der Waals surface area (Å²) in [5.41, 5.74) is 0. The summed E-state index contributed by atoms with van der Waals surface area (Å²) in [6.45, 7) is 1.96. The zero-order valence-corrected chi connectivity index (χ0v) is 10.3. The first-order valence-electron chi connectivity index (χ1n) is 4.98. The summed E-state index contributed by atoms with van der Waals surface area (Å²) in [7, 11) is 0. The molecule has 1 aromatic carbocycles. The molecule has 0 saturated carbocycles. The Morgan fingerprint density at radius 2 is 2.00 bits per heavy atom. The van der Waals surface area contributed by atoms with Crippen LogP contribution in [0.4, 0.5) is 0 Å². The lowest BCUT2D eigenvalue weighted by atomic mass is 10.3. The molecule has 0 aliphatic heterocycles. The fourth-order valence-electron chi connectivity index (χ4n) is 1.14. The van der Waals surface area contributed by atoms with E-state index in [1.54, 1.807) is 31.2 Å². The Morgan fingerprint density at radius 1 is 1.35 bits per heavy atom. The summed E-state index contributed by atoms with van der Waals surface area (Å²) in [5, 5.41) is 0. The van der Waals surface area contributed by atoms with Gasteiger partial charge in [0.2, 0.25) is 6.10 Å². The Morgan fingerprint density at radius 3 is 2.53 bits per heavy atom. The molecule has 0 aromatic heterocycles. The van der Waals surface area contributed by atoms with Crippen molar-refractivity contribution >= 4 is 18.4 Å². The van der Waals surface area contributed by atoms with Gasteiger partial charge in [0.15, 0.2) is 0 Å². The minimum atomic E-state index is -0.840. The Bertz CT molecular complexity index is 321. The van der Waals surface area contributed by atoms with Gasteiger partial charge < -0.3 is 14.3 Å². The van der Waals surface area contributed by atoms with Crippen LogP contribution >= 0.6 is 12.4 Å². The Labute approximate surface area is 106 Å². The molecule has 0 saturated heterocycles.